The highest BCUT2D eigenvalue weighted by Crippen LogP contribution is 2.33. The number of aliphatic carboxylic acids is 1. The fourth-order valence-corrected chi connectivity index (χ4v) is 4.54. The van der Waals surface area contributed by atoms with Crippen LogP contribution in [0.4, 0.5) is 0 Å². The maximum atomic E-state index is 11.4. The summed E-state index contributed by atoms with van der Waals surface area (Å²) in [5, 5.41) is 26.3. The van der Waals surface area contributed by atoms with Crippen molar-refractivity contribution in [2.75, 3.05) is 0 Å². The third-order valence-electron chi connectivity index (χ3n) is 6.68. The molecule has 0 radical (unpaired) electrons. The van der Waals surface area contributed by atoms with Gasteiger partial charge in [0.2, 0.25) is 0 Å². The number of pyridine rings is 1. The molecule has 2 atom stereocenters. The van der Waals surface area contributed by atoms with E-state index in [2.05, 4.69) is 20.6 Å². The molecule has 2 aliphatic carbocycles. The van der Waals surface area contributed by atoms with E-state index in [1.54, 1.807) is 4.68 Å². The number of aryl methyl sites for hydroxylation is 2. The Kier molecular flexibility index (Phi) is 5.82. The van der Waals surface area contributed by atoms with Crippen LogP contribution >= 0.6 is 0 Å². The van der Waals surface area contributed by atoms with E-state index >= 15 is 0 Å². The maximum Gasteiger partial charge on any atom is 0.306 e. The summed E-state index contributed by atoms with van der Waals surface area (Å²) >= 11 is 0. The minimum atomic E-state index is -0.739. The number of nitrogens with zero attached hydrogens (tertiary/aromatic N) is 7. The lowest BCUT2D eigenvalue weighted by molar-refractivity contribution is -0.143. The molecule has 2 fully saturated rings. The van der Waals surface area contributed by atoms with E-state index in [9.17, 15) is 9.90 Å². The normalized spacial score (nSPS) is 20.7. The molecule has 5 rings (SSSR count). The van der Waals surface area contributed by atoms with Crippen molar-refractivity contribution in [3.8, 4) is 17.1 Å². The second-order valence-electron chi connectivity index (χ2n) is 9.26. The van der Waals surface area contributed by atoms with E-state index in [-0.39, 0.29) is 12.0 Å². The quantitative estimate of drug-likeness (QED) is 0.555. The van der Waals surface area contributed by atoms with E-state index in [1.165, 1.54) is 12.8 Å². The summed E-state index contributed by atoms with van der Waals surface area (Å²) in [5.74, 6) is 0.359. The number of hydrogen-bond donors (Lipinski definition) is 1. The Morgan fingerprint density at radius 2 is 2.06 bits per heavy atom. The van der Waals surface area contributed by atoms with Crippen molar-refractivity contribution in [1.29, 1.82) is 0 Å². The lowest BCUT2D eigenvalue weighted by Gasteiger charge is -2.27. The molecule has 10 heteroatoms. The minimum Gasteiger partial charge on any atom is -0.489 e. The van der Waals surface area contributed by atoms with Gasteiger partial charge in [-0.2, -0.15) is 0 Å². The number of aromatic nitrogens is 7. The van der Waals surface area contributed by atoms with Gasteiger partial charge in [-0.15, -0.1) is 10.2 Å². The molecule has 0 bridgehead atoms. The minimum absolute atomic E-state index is 0.101. The van der Waals surface area contributed by atoms with Crippen LogP contribution in [0.3, 0.4) is 0 Å². The highest BCUT2D eigenvalue weighted by molar-refractivity contribution is 5.70. The van der Waals surface area contributed by atoms with Crippen LogP contribution in [0.15, 0.2) is 18.3 Å². The van der Waals surface area contributed by atoms with E-state index in [1.807, 2.05) is 37.0 Å². The largest absolute Gasteiger partial charge is 0.489 e. The van der Waals surface area contributed by atoms with Crippen molar-refractivity contribution in [2.24, 2.45) is 18.9 Å². The van der Waals surface area contributed by atoms with Gasteiger partial charge in [-0.25, -0.2) is 14.3 Å². The summed E-state index contributed by atoms with van der Waals surface area (Å²) < 4.78 is 9.83. The van der Waals surface area contributed by atoms with Crippen LogP contribution in [0.2, 0.25) is 0 Å². The molecule has 0 aliphatic heterocycles. The fraction of sp³-hybridized carbons (Fsp3) is 0.565. The lowest BCUT2D eigenvalue weighted by atomic mass is 9.87. The zero-order chi connectivity index (χ0) is 22.9. The van der Waals surface area contributed by atoms with Crippen molar-refractivity contribution in [2.45, 2.75) is 64.5 Å². The third kappa shape index (κ3) is 4.74. The van der Waals surface area contributed by atoms with Crippen LogP contribution in [0.5, 0.6) is 5.75 Å². The standard InChI is InChI=1S/C23H29N7O3/c1-14-21(33-18-5-3-4-16(11-18)23(31)32)9-8-19(25-14)22-20(29(2)28-26-22)13-30-17(12-24-27-30)10-15-6-7-15/h8-9,12,15-16,18H,3-7,10-11,13H2,1-2H3,(H,31,32)/t16-,18-/m0/s1. The van der Waals surface area contributed by atoms with Crippen molar-refractivity contribution in [3.05, 3.63) is 35.4 Å². The van der Waals surface area contributed by atoms with Crippen LogP contribution in [-0.4, -0.2) is 52.2 Å². The first-order valence-corrected chi connectivity index (χ1v) is 11.6. The average molecular weight is 452 g/mol. The third-order valence-corrected chi connectivity index (χ3v) is 6.68. The van der Waals surface area contributed by atoms with Crippen LogP contribution in [0.1, 0.15) is 55.6 Å². The summed E-state index contributed by atoms with van der Waals surface area (Å²) in [6.45, 7) is 2.43. The van der Waals surface area contributed by atoms with Gasteiger partial charge >= 0.3 is 5.97 Å². The van der Waals surface area contributed by atoms with Crippen LogP contribution in [0, 0.1) is 18.8 Å². The summed E-state index contributed by atoms with van der Waals surface area (Å²) in [6.07, 6.45) is 8.27. The highest BCUT2D eigenvalue weighted by Gasteiger charge is 2.29. The van der Waals surface area contributed by atoms with Gasteiger partial charge in [-0.05, 0) is 69.9 Å². The second-order valence-corrected chi connectivity index (χ2v) is 9.26. The molecule has 0 spiro atoms. The molecule has 0 saturated heterocycles. The predicted octanol–water partition coefficient (Wildman–Crippen LogP) is 2.80. The first kappa shape index (κ1) is 21.5. The van der Waals surface area contributed by atoms with Gasteiger partial charge in [0.1, 0.15) is 11.4 Å². The zero-order valence-corrected chi connectivity index (χ0v) is 19.0. The van der Waals surface area contributed by atoms with Gasteiger partial charge in [0.15, 0.2) is 0 Å². The number of hydrogen-bond acceptors (Lipinski definition) is 7. The van der Waals surface area contributed by atoms with Crippen LogP contribution in [-0.2, 0) is 24.8 Å². The van der Waals surface area contributed by atoms with Gasteiger partial charge in [0.25, 0.3) is 0 Å². The van der Waals surface area contributed by atoms with E-state index in [0.717, 1.165) is 54.4 Å². The average Bonchev–Trinajstić information content (AvgIpc) is 3.40. The van der Waals surface area contributed by atoms with Crippen molar-refractivity contribution >= 4 is 5.97 Å². The van der Waals surface area contributed by atoms with Gasteiger partial charge in [-0.3, -0.25) is 4.79 Å². The number of carboxylic acids is 1. The first-order valence-electron chi connectivity index (χ1n) is 11.6. The molecule has 2 aliphatic rings. The Morgan fingerprint density at radius 1 is 1.21 bits per heavy atom. The van der Waals surface area contributed by atoms with Crippen LogP contribution < -0.4 is 4.74 Å². The summed E-state index contributed by atoms with van der Waals surface area (Å²) in [5.41, 5.74) is 4.22. The number of carbonyl (C=O) groups is 1. The van der Waals surface area contributed by atoms with E-state index in [4.69, 9.17) is 9.72 Å². The zero-order valence-electron chi connectivity index (χ0n) is 19.0. The van der Waals surface area contributed by atoms with Gasteiger partial charge < -0.3 is 9.84 Å². The Morgan fingerprint density at radius 3 is 2.82 bits per heavy atom. The Hall–Kier alpha value is -3.30. The van der Waals surface area contributed by atoms with Crippen molar-refractivity contribution < 1.29 is 14.6 Å². The molecule has 10 nitrogen and oxygen atoms in total. The number of carboxylic acid groups (broad SMARTS) is 1. The Balaban J connectivity index is 1.34. The Bertz CT molecular complexity index is 1150. The highest BCUT2D eigenvalue weighted by atomic mass is 16.5. The number of rotatable bonds is 8. The first-order chi connectivity index (χ1) is 16.0. The maximum absolute atomic E-state index is 11.4. The number of ether oxygens (including phenoxy) is 1. The smallest absolute Gasteiger partial charge is 0.306 e. The molecule has 0 aromatic carbocycles. The molecule has 1 N–H and O–H groups in total. The lowest BCUT2D eigenvalue weighted by Crippen LogP contribution is -2.29. The topological polar surface area (TPSA) is 121 Å². The van der Waals surface area contributed by atoms with Crippen molar-refractivity contribution in [1.82, 2.24) is 35.0 Å². The summed E-state index contributed by atoms with van der Waals surface area (Å²) in [6, 6.07) is 3.79. The monoisotopic (exact) mass is 451 g/mol. The molecule has 174 valence electrons. The Labute approximate surface area is 192 Å². The van der Waals surface area contributed by atoms with E-state index in [0.29, 0.717) is 24.4 Å². The molecule has 2 saturated carbocycles. The predicted molar refractivity (Wildman–Crippen MR) is 119 cm³/mol. The molecular formula is C23H29N7O3. The van der Waals surface area contributed by atoms with Gasteiger partial charge in [-0.1, -0.05) is 10.4 Å². The molecule has 0 amide bonds. The summed E-state index contributed by atoms with van der Waals surface area (Å²) in [4.78, 5) is 16.1. The molecule has 3 aromatic heterocycles. The second kappa shape index (κ2) is 8.92. The van der Waals surface area contributed by atoms with Gasteiger partial charge in [0, 0.05) is 7.05 Å². The molecule has 0 unspecified atom stereocenters. The van der Waals surface area contributed by atoms with E-state index < -0.39 is 5.97 Å². The SMILES string of the molecule is Cc1nc(-c2nnn(C)c2Cn2nncc2CC2CC2)ccc1O[C@H]1CCC[C@H](C(=O)O)C1. The molecule has 33 heavy (non-hydrogen) atoms. The van der Waals surface area contributed by atoms with Crippen LogP contribution in [0.25, 0.3) is 11.4 Å². The summed E-state index contributed by atoms with van der Waals surface area (Å²) in [7, 11) is 1.87. The molecule has 3 heterocycles. The molecular weight excluding hydrogens is 422 g/mol. The molecule has 3 aromatic rings. The van der Waals surface area contributed by atoms with Gasteiger partial charge in [0.05, 0.1) is 47.5 Å². The fourth-order valence-electron chi connectivity index (χ4n) is 4.54. The van der Waals surface area contributed by atoms with Crippen molar-refractivity contribution in [3.63, 3.8) is 0 Å².